The van der Waals surface area contributed by atoms with Gasteiger partial charge in [0.15, 0.2) is 0 Å². The maximum atomic E-state index is 10.8. The van der Waals surface area contributed by atoms with E-state index in [4.69, 9.17) is 5.11 Å². The van der Waals surface area contributed by atoms with E-state index in [2.05, 4.69) is 31.1 Å². The molecule has 0 fully saturated rings. The Morgan fingerprint density at radius 3 is 2.45 bits per heavy atom. The molecular weight excluding hydrogens is 290 g/mol. The van der Waals surface area contributed by atoms with Crippen molar-refractivity contribution in [2.24, 2.45) is 0 Å². The third kappa shape index (κ3) is 3.84. The third-order valence-corrected chi connectivity index (χ3v) is 4.84. The van der Waals surface area contributed by atoms with Gasteiger partial charge in [-0.05, 0) is 24.3 Å². The van der Waals surface area contributed by atoms with Gasteiger partial charge in [0.25, 0.3) is 0 Å². The molecule has 106 valence electrons. The number of thioether (sulfide) groups is 1. The zero-order valence-electron chi connectivity index (χ0n) is 11.7. The van der Waals surface area contributed by atoms with Crippen LogP contribution in [0.15, 0.2) is 34.5 Å². The average molecular weight is 307 g/mol. The van der Waals surface area contributed by atoms with Crippen molar-refractivity contribution in [2.45, 2.75) is 36.8 Å². The predicted octanol–water partition coefficient (Wildman–Crippen LogP) is 4.43. The molecule has 0 unspecified atom stereocenters. The fraction of sp³-hybridized carbons (Fsp3) is 0.333. The van der Waals surface area contributed by atoms with Gasteiger partial charge in [0.1, 0.15) is 5.01 Å². The first kappa shape index (κ1) is 15.1. The van der Waals surface area contributed by atoms with Crippen molar-refractivity contribution in [3.05, 3.63) is 45.9 Å². The Labute approximate surface area is 127 Å². The lowest BCUT2D eigenvalue weighted by molar-refractivity contribution is 0.0697. The van der Waals surface area contributed by atoms with Crippen LogP contribution < -0.4 is 0 Å². The smallest absolute Gasteiger partial charge is 0.335 e. The van der Waals surface area contributed by atoms with E-state index in [1.807, 2.05) is 12.1 Å². The number of hydrogen-bond donors (Lipinski definition) is 1. The summed E-state index contributed by atoms with van der Waals surface area (Å²) in [6, 6.07) is 6.94. The number of hydrogen-bond acceptors (Lipinski definition) is 4. The van der Waals surface area contributed by atoms with Gasteiger partial charge < -0.3 is 5.11 Å². The summed E-state index contributed by atoms with van der Waals surface area (Å²) < 4.78 is 0. The van der Waals surface area contributed by atoms with Crippen LogP contribution in [0.2, 0.25) is 0 Å². The molecule has 20 heavy (non-hydrogen) atoms. The van der Waals surface area contributed by atoms with Crippen LogP contribution in [-0.4, -0.2) is 16.1 Å². The highest BCUT2D eigenvalue weighted by Gasteiger charge is 2.17. The molecule has 0 atom stereocenters. The Morgan fingerprint density at radius 2 is 1.95 bits per heavy atom. The Balaban J connectivity index is 1.98. The lowest BCUT2D eigenvalue weighted by Gasteiger charge is -2.14. The average Bonchev–Trinajstić information content (AvgIpc) is 2.85. The number of rotatable bonds is 4. The molecule has 0 spiro atoms. The van der Waals surface area contributed by atoms with Crippen LogP contribution in [0.1, 0.15) is 41.8 Å². The number of nitrogens with zero attached hydrogens (tertiary/aromatic N) is 1. The van der Waals surface area contributed by atoms with E-state index in [-0.39, 0.29) is 5.41 Å². The molecule has 2 rings (SSSR count). The van der Waals surface area contributed by atoms with Crippen molar-refractivity contribution in [1.82, 2.24) is 4.98 Å². The van der Waals surface area contributed by atoms with Gasteiger partial charge in [-0.1, -0.05) is 20.8 Å². The van der Waals surface area contributed by atoms with Gasteiger partial charge in [0.05, 0.1) is 17.0 Å². The largest absolute Gasteiger partial charge is 0.478 e. The fourth-order valence-electron chi connectivity index (χ4n) is 1.56. The highest BCUT2D eigenvalue weighted by molar-refractivity contribution is 7.98. The molecule has 0 aliphatic carbocycles. The van der Waals surface area contributed by atoms with Crippen LogP contribution in [0.4, 0.5) is 0 Å². The van der Waals surface area contributed by atoms with E-state index in [0.717, 1.165) is 21.3 Å². The number of benzene rings is 1. The van der Waals surface area contributed by atoms with E-state index in [9.17, 15) is 4.79 Å². The Bertz CT molecular complexity index is 597. The topological polar surface area (TPSA) is 50.2 Å². The van der Waals surface area contributed by atoms with Crippen LogP contribution in [0.25, 0.3) is 0 Å². The van der Waals surface area contributed by atoms with Gasteiger partial charge in [0, 0.05) is 15.7 Å². The molecule has 0 amide bonds. The minimum atomic E-state index is -0.892. The highest BCUT2D eigenvalue weighted by Crippen LogP contribution is 2.28. The van der Waals surface area contributed by atoms with Crippen molar-refractivity contribution in [1.29, 1.82) is 0 Å². The SMILES string of the molecule is CC(C)(C)c1csc(CSc2ccc(C(=O)O)cc2)n1. The molecule has 0 aliphatic heterocycles. The zero-order chi connectivity index (χ0) is 14.8. The monoisotopic (exact) mass is 307 g/mol. The van der Waals surface area contributed by atoms with Crippen LogP contribution >= 0.6 is 23.1 Å². The first-order valence-corrected chi connectivity index (χ1v) is 8.14. The van der Waals surface area contributed by atoms with Crippen molar-refractivity contribution in [3.8, 4) is 0 Å². The van der Waals surface area contributed by atoms with E-state index in [0.29, 0.717) is 5.56 Å². The number of carbonyl (C=O) groups is 1. The minimum absolute atomic E-state index is 0.0859. The van der Waals surface area contributed by atoms with Crippen LogP contribution in [0.3, 0.4) is 0 Å². The van der Waals surface area contributed by atoms with Gasteiger partial charge in [0.2, 0.25) is 0 Å². The van der Waals surface area contributed by atoms with E-state index in [1.54, 1.807) is 35.2 Å². The van der Waals surface area contributed by atoms with Gasteiger partial charge >= 0.3 is 5.97 Å². The lowest BCUT2D eigenvalue weighted by atomic mass is 9.93. The number of carboxylic acid groups (broad SMARTS) is 1. The number of aromatic carboxylic acids is 1. The number of aromatic nitrogens is 1. The zero-order valence-corrected chi connectivity index (χ0v) is 13.3. The maximum absolute atomic E-state index is 10.8. The van der Waals surface area contributed by atoms with E-state index < -0.39 is 5.97 Å². The van der Waals surface area contributed by atoms with Crippen LogP contribution in [0, 0.1) is 0 Å². The quantitative estimate of drug-likeness (QED) is 0.849. The lowest BCUT2D eigenvalue weighted by Crippen LogP contribution is -2.11. The fourth-order valence-corrected chi connectivity index (χ4v) is 3.50. The maximum Gasteiger partial charge on any atom is 0.335 e. The summed E-state index contributed by atoms with van der Waals surface area (Å²) >= 11 is 3.35. The summed E-state index contributed by atoms with van der Waals surface area (Å²) in [5.74, 6) is -0.0797. The minimum Gasteiger partial charge on any atom is -0.478 e. The van der Waals surface area contributed by atoms with Crippen molar-refractivity contribution in [2.75, 3.05) is 0 Å². The van der Waals surface area contributed by atoms with Gasteiger partial charge in [-0.3, -0.25) is 0 Å². The Hall–Kier alpha value is -1.33. The summed E-state index contributed by atoms with van der Waals surface area (Å²) in [5.41, 5.74) is 1.53. The molecule has 5 heteroatoms. The molecule has 0 radical (unpaired) electrons. The molecule has 3 nitrogen and oxygen atoms in total. The van der Waals surface area contributed by atoms with Crippen LogP contribution in [0.5, 0.6) is 0 Å². The molecule has 0 saturated heterocycles. The van der Waals surface area contributed by atoms with Gasteiger partial charge in [-0.25, -0.2) is 9.78 Å². The van der Waals surface area contributed by atoms with Crippen molar-refractivity contribution < 1.29 is 9.90 Å². The predicted molar refractivity (Wildman–Crippen MR) is 83.8 cm³/mol. The van der Waals surface area contributed by atoms with Gasteiger partial charge in [-0.15, -0.1) is 23.1 Å². The summed E-state index contributed by atoms with van der Waals surface area (Å²) in [6.45, 7) is 6.47. The second-order valence-corrected chi connectivity index (χ2v) is 7.49. The summed E-state index contributed by atoms with van der Waals surface area (Å²) in [7, 11) is 0. The first-order valence-electron chi connectivity index (χ1n) is 6.27. The molecule has 0 saturated carbocycles. The molecule has 1 heterocycles. The molecule has 2 aromatic rings. The van der Waals surface area contributed by atoms with E-state index >= 15 is 0 Å². The number of carboxylic acids is 1. The van der Waals surface area contributed by atoms with Crippen molar-refractivity contribution >= 4 is 29.1 Å². The Morgan fingerprint density at radius 1 is 1.30 bits per heavy atom. The van der Waals surface area contributed by atoms with Gasteiger partial charge in [-0.2, -0.15) is 0 Å². The molecule has 1 aromatic carbocycles. The number of thiazole rings is 1. The Kier molecular flexibility index (Phi) is 4.50. The normalized spacial score (nSPS) is 11.6. The summed E-state index contributed by atoms with van der Waals surface area (Å²) in [6.07, 6.45) is 0. The summed E-state index contributed by atoms with van der Waals surface area (Å²) in [4.78, 5) is 16.5. The molecule has 0 aliphatic rings. The first-order chi connectivity index (χ1) is 9.36. The molecular formula is C15H17NO2S2. The highest BCUT2D eigenvalue weighted by atomic mass is 32.2. The second kappa shape index (κ2) is 5.97. The summed E-state index contributed by atoms with van der Waals surface area (Å²) in [5, 5.41) is 12.1. The van der Waals surface area contributed by atoms with E-state index in [1.165, 1.54) is 0 Å². The second-order valence-electron chi connectivity index (χ2n) is 5.49. The molecule has 1 N–H and O–H groups in total. The molecule has 1 aromatic heterocycles. The van der Waals surface area contributed by atoms with Crippen LogP contribution in [-0.2, 0) is 11.2 Å². The van der Waals surface area contributed by atoms with Crippen molar-refractivity contribution in [3.63, 3.8) is 0 Å². The standard InChI is InChI=1S/C15H17NO2S2/c1-15(2,3)12-8-20-13(16-12)9-19-11-6-4-10(5-7-11)14(17)18/h4-8H,9H2,1-3H3,(H,17,18). The third-order valence-electron chi connectivity index (χ3n) is 2.78. The molecule has 0 bridgehead atoms.